The fourth-order valence-electron chi connectivity index (χ4n) is 1.39. The van der Waals surface area contributed by atoms with Gasteiger partial charge < -0.3 is 0 Å². The summed E-state index contributed by atoms with van der Waals surface area (Å²) in [6.45, 7) is 2.08. The molecule has 0 atom stereocenters. The molecule has 0 aliphatic heterocycles. The zero-order chi connectivity index (χ0) is 9.42. The summed E-state index contributed by atoms with van der Waals surface area (Å²) in [5.74, 6) is 0. The third kappa shape index (κ3) is 1.72. The van der Waals surface area contributed by atoms with Gasteiger partial charge in [-0.25, -0.2) is 0 Å². The first-order valence-corrected chi connectivity index (χ1v) is 5.19. The monoisotopic (exact) mass is 254 g/mol. The second kappa shape index (κ2) is 3.32. The van der Waals surface area contributed by atoms with E-state index in [1.807, 2.05) is 12.1 Å². The van der Waals surface area contributed by atoms with Crippen molar-refractivity contribution in [3.63, 3.8) is 0 Å². The zero-order valence-corrected chi connectivity index (χ0v) is 9.48. The molecule has 0 fully saturated rings. The molecule has 0 aliphatic carbocycles. The van der Waals surface area contributed by atoms with Gasteiger partial charge in [0.15, 0.2) is 0 Å². The minimum Gasteiger partial charge on any atom is -0.0843 e. The topological polar surface area (TPSA) is 0 Å². The van der Waals surface area contributed by atoms with Crippen molar-refractivity contribution in [2.24, 2.45) is 0 Å². The average molecular weight is 256 g/mol. The lowest BCUT2D eigenvalue weighted by atomic mass is 10.1. The van der Waals surface area contributed by atoms with Gasteiger partial charge in [0.2, 0.25) is 0 Å². The molecular weight excluding hydrogens is 247 g/mol. The number of hydrogen-bond donors (Lipinski definition) is 0. The van der Waals surface area contributed by atoms with Crippen molar-refractivity contribution in [1.82, 2.24) is 0 Å². The highest BCUT2D eigenvalue weighted by atomic mass is 79.9. The summed E-state index contributed by atoms with van der Waals surface area (Å²) in [5, 5.41) is 3.15. The van der Waals surface area contributed by atoms with Crippen LogP contribution in [0.25, 0.3) is 10.8 Å². The van der Waals surface area contributed by atoms with Crippen LogP contribution in [-0.4, -0.2) is 0 Å². The molecule has 0 amide bonds. The molecule has 0 unspecified atom stereocenters. The number of rotatable bonds is 0. The smallest absolute Gasteiger partial charge is 0.0423 e. The van der Waals surface area contributed by atoms with E-state index in [1.165, 1.54) is 16.3 Å². The quantitative estimate of drug-likeness (QED) is 0.647. The molecule has 0 aliphatic rings. The zero-order valence-electron chi connectivity index (χ0n) is 7.14. The lowest BCUT2D eigenvalue weighted by Crippen LogP contribution is -1.77. The van der Waals surface area contributed by atoms with Crippen LogP contribution >= 0.6 is 27.5 Å². The van der Waals surface area contributed by atoms with Crippen molar-refractivity contribution >= 4 is 38.3 Å². The maximum Gasteiger partial charge on any atom is 0.0423 e. The van der Waals surface area contributed by atoms with E-state index in [9.17, 15) is 0 Å². The van der Waals surface area contributed by atoms with E-state index in [-0.39, 0.29) is 0 Å². The van der Waals surface area contributed by atoms with Gasteiger partial charge >= 0.3 is 0 Å². The van der Waals surface area contributed by atoms with E-state index in [2.05, 4.69) is 41.1 Å². The van der Waals surface area contributed by atoms with Gasteiger partial charge in [-0.2, -0.15) is 0 Å². The molecule has 2 aromatic carbocycles. The predicted octanol–water partition coefficient (Wildman–Crippen LogP) is 4.56. The highest BCUT2D eigenvalue weighted by Crippen LogP contribution is 2.28. The fraction of sp³-hybridized carbons (Fsp3) is 0.0909. The Balaban J connectivity index is 2.87. The summed E-state index contributed by atoms with van der Waals surface area (Å²) in [6.07, 6.45) is 0. The average Bonchev–Trinajstić information content (AvgIpc) is 2.06. The van der Waals surface area contributed by atoms with Gasteiger partial charge in [-0.3, -0.25) is 0 Å². The van der Waals surface area contributed by atoms with Gasteiger partial charge in [-0.05, 0) is 29.8 Å². The first kappa shape index (κ1) is 9.04. The molecule has 0 bridgehead atoms. The number of halogens is 2. The lowest BCUT2D eigenvalue weighted by Gasteiger charge is -2.02. The van der Waals surface area contributed by atoms with Crippen LogP contribution in [0.1, 0.15) is 5.56 Å². The molecule has 0 saturated heterocycles. The van der Waals surface area contributed by atoms with E-state index in [0.717, 1.165) is 9.50 Å². The Kier molecular flexibility index (Phi) is 2.31. The van der Waals surface area contributed by atoms with Gasteiger partial charge in [0.25, 0.3) is 0 Å². The van der Waals surface area contributed by atoms with Crippen LogP contribution in [-0.2, 0) is 0 Å². The summed E-state index contributed by atoms with van der Waals surface area (Å²) in [5.41, 5.74) is 1.26. The van der Waals surface area contributed by atoms with Crippen LogP contribution in [0, 0.1) is 6.92 Å². The number of aryl methyl sites for hydroxylation is 1. The summed E-state index contributed by atoms with van der Waals surface area (Å²) in [6, 6.07) is 10.2. The first-order chi connectivity index (χ1) is 6.16. The van der Waals surface area contributed by atoms with Gasteiger partial charge in [0, 0.05) is 9.50 Å². The molecule has 2 aromatic rings. The van der Waals surface area contributed by atoms with Crippen LogP contribution in [0.4, 0.5) is 0 Å². The van der Waals surface area contributed by atoms with Gasteiger partial charge in [-0.1, -0.05) is 51.3 Å². The summed E-state index contributed by atoms with van der Waals surface area (Å²) >= 11 is 9.43. The number of hydrogen-bond acceptors (Lipinski definition) is 0. The van der Waals surface area contributed by atoms with Crippen LogP contribution in [0.5, 0.6) is 0 Å². The minimum absolute atomic E-state index is 0.767. The molecule has 0 spiro atoms. The molecule has 0 saturated carbocycles. The van der Waals surface area contributed by atoms with E-state index in [0.29, 0.717) is 0 Å². The Bertz CT molecular complexity index is 463. The Morgan fingerprint density at radius 2 is 1.92 bits per heavy atom. The number of fused-ring (bicyclic) bond motifs is 1. The molecule has 0 heterocycles. The highest BCUT2D eigenvalue weighted by molar-refractivity contribution is 9.10. The Morgan fingerprint density at radius 1 is 1.15 bits per heavy atom. The first-order valence-electron chi connectivity index (χ1n) is 4.02. The standard InChI is InChI=1S/C11H8BrCl/c1-7-2-3-8-5-9(13)6-11(12)10(8)4-7/h2-6H,1H3. The molecule has 13 heavy (non-hydrogen) atoms. The summed E-state index contributed by atoms with van der Waals surface area (Å²) < 4.78 is 1.05. The molecule has 2 rings (SSSR count). The van der Waals surface area contributed by atoms with Crippen molar-refractivity contribution in [2.75, 3.05) is 0 Å². The van der Waals surface area contributed by atoms with Crippen LogP contribution in [0.2, 0.25) is 5.02 Å². The van der Waals surface area contributed by atoms with E-state index in [4.69, 9.17) is 11.6 Å². The molecule has 0 aromatic heterocycles. The third-order valence-corrected chi connectivity index (χ3v) is 2.90. The third-order valence-electron chi connectivity index (χ3n) is 2.02. The van der Waals surface area contributed by atoms with Crippen molar-refractivity contribution in [1.29, 1.82) is 0 Å². The maximum absolute atomic E-state index is 5.93. The van der Waals surface area contributed by atoms with E-state index < -0.39 is 0 Å². The molecule has 0 radical (unpaired) electrons. The Labute approximate surface area is 90.6 Å². The summed E-state index contributed by atoms with van der Waals surface area (Å²) in [7, 11) is 0. The van der Waals surface area contributed by atoms with Gasteiger partial charge in [-0.15, -0.1) is 0 Å². The van der Waals surface area contributed by atoms with Gasteiger partial charge in [0.05, 0.1) is 0 Å². The Hall–Kier alpha value is -0.530. The maximum atomic E-state index is 5.93. The predicted molar refractivity (Wildman–Crippen MR) is 61.4 cm³/mol. The molecule has 66 valence electrons. The van der Waals surface area contributed by atoms with E-state index >= 15 is 0 Å². The molecule has 2 heteroatoms. The summed E-state index contributed by atoms with van der Waals surface area (Å²) in [4.78, 5) is 0. The highest BCUT2D eigenvalue weighted by Gasteiger charge is 2.00. The molecule has 0 nitrogen and oxygen atoms in total. The van der Waals surface area contributed by atoms with Crippen molar-refractivity contribution < 1.29 is 0 Å². The molecular formula is C11H8BrCl. The SMILES string of the molecule is Cc1ccc2cc(Cl)cc(Br)c2c1. The van der Waals surface area contributed by atoms with Gasteiger partial charge in [0.1, 0.15) is 0 Å². The minimum atomic E-state index is 0.767. The number of benzene rings is 2. The van der Waals surface area contributed by atoms with Crippen molar-refractivity contribution in [2.45, 2.75) is 6.92 Å². The normalized spacial score (nSPS) is 10.7. The second-order valence-corrected chi connectivity index (χ2v) is 4.40. The van der Waals surface area contributed by atoms with Crippen LogP contribution in [0.15, 0.2) is 34.8 Å². The largest absolute Gasteiger partial charge is 0.0843 e. The Morgan fingerprint density at radius 3 is 2.69 bits per heavy atom. The second-order valence-electron chi connectivity index (χ2n) is 3.11. The van der Waals surface area contributed by atoms with E-state index in [1.54, 1.807) is 0 Å². The lowest BCUT2D eigenvalue weighted by molar-refractivity contribution is 1.50. The van der Waals surface area contributed by atoms with Crippen molar-refractivity contribution in [3.8, 4) is 0 Å². The fourth-order valence-corrected chi connectivity index (χ4v) is 2.34. The molecule has 0 N–H and O–H groups in total. The van der Waals surface area contributed by atoms with Crippen molar-refractivity contribution in [3.05, 3.63) is 45.4 Å². The van der Waals surface area contributed by atoms with Crippen LogP contribution < -0.4 is 0 Å². The van der Waals surface area contributed by atoms with Crippen LogP contribution in [0.3, 0.4) is 0 Å².